The van der Waals surface area contributed by atoms with Crippen LogP contribution in [-0.2, 0) is 0 Å². The summed E-state index contributed by atoms with van der Waals surface area (Å²) in [6.07, 6.45) is 0. The van der Waals surface area contributed by atoms with Crippen LogP contribution in [0.3, 0.4) is 0 Å². The zero-order valence-electron chi connectivity index (χ0n) is 33.0. The van der Waals surface area contributed by atoms with Gasteiger partial charge < -0.3 is 0 Å². The molecule has 0 fully saturated rings. The number of hydrogen-bond acceptors (Lipinski definition) is 4. The molecule has 2 heterocycles. The van der Waals surface area contributed by atoms with Crippen molar-refractivity contribution in [1.82, 2.24) is 15.0 Å². The van der Waals surface area contributed by atoms with Gasteiger partial charge in [0.05, 0.1) is 0 Å². The van der Waals surface area contributed by atoms with Crippen molar-refractivity contribution in [3.63, 3.8) is 0 Å². The van der Waals surface area contributed by atoms with Crippen molar-refractivity contribution in [3.05, 3.63) is 212 Å². The molecular formula is C57H35N3S. The molecule has 284 valence electrons. The molecule has 3 nitrogen and oxygen atoms in total. The Morgan fingerprint density at radius 1 is 0.262 bits per heavy atom. The van der Waals surface area contributed by atoms with E-state index in [0.717, 1.165) is 49.5 Å². The summed E-state index contributed by atoms with van der Waals surface area (Å²) in [6.45, 7) is 0. The van der Waals surface area contributed by atoms with Gasteiger partial charge in [0, 0.05) is 36.9 Å². The van der Waals surface area contributed by atoms with Gasteiger partial charge in [0.1, 0.15) is 0 Å². The van der Waals surface area contributed by atoms with Crippen LogP contribution in [0.5, 0.6) is 0 Å². The number of hydrogen-bond donors (Lipinski definition) is 0. The molecule has 0 atom stereocenters. The Kier molecular flexibility index (Phi) is 8.36. The van der Waals surface area contributed by atoms with Crippen LogP contribution in [0.25, 0.3) is 120 Å². The zero-order valence-corrected chi connectivity index (χ0v) is 33.8. The molecule has 12 aromatic rings. The second kappa shape index (κ2) is 14.5. The Bertz CT molecular complexity index is 3650. The smallest absolute Gasteiger partial charge is 0.165 e. The summed E-state index contributed by atoms with van der Waals surface area (Å²) >= 11 is 1.79. The summed E-state index contributed by atoms with van der Waals surface area (Å²) in [7, 11) is 0. The van der Waals surface area contributed by atoms with Gasteiger partial charge in [-0.2, -0.15) is 0 Å². The molecular weight excluding hydrogens is 759 g/mol. The summed E-state index contributed by atoms with van der Waals surface area (Å²) in [5, 5.41) is 9.37. The Labute approximate surface area is 356 Å². The maximum absolute atomic E-state index is 5.54. The fraction of sp³-hybridized carbons (Fsp3) is 0. The molecule has 0 amide bonds. The highest BCUT2D eigenvalue weighted by molar-refractivity contribution is 7.26. The molecule has 0 aliphatic heterocycles. The van der Waals surface area contributed by atoms with Gasteiger partial charge in [-0.1, -0.05) is 200 Å². The van der Waals surface area contributed by atoms with Crippen molar-refractivity contribution in [3.8, 4) is 67.5 Å². The minimum absolute atomic E-state index is 0.633. The first-order valence-electron chi connectivity index (χ1n) is 20.6. The SMILES string of the molecule is c1ccc(-c2nc(-c3c(-c4c(-c5c(-c6ccccc6)ccc6ccccc56)ccc5ccccc45)ccc4ccccc34)nc(-c3cccc4c3sc3ccccc34)n2)cc1. The standard InChI is InChI=1S/C57H35N3S/c1-3-16-36(17-4-1)44-33-30-37-18-7-10-23-41(37)51(44)47-34-31-38-19-8-11-24-42(38)52(47)48-35-32-39-20-9-12-25-43(39)53(48)57-59-55(40-21-5-2-6-22-40)58-56(60-57)49-28-15-27-46-45-26-13-14-29-50(45)61-54(46)49/h1-35H. The summed E-state index contributed by atoms with van der Waals surface area (Å²) in [5.41, 5.74) is 9.81. The summed E-state index contributed by atoms with van der Waals surface area (Å²) in [4.78, 5) is 16.3. The molecule has 0 saturated carbocycles. The number of fused-ring (bicyclic) bond motifs is 6. The number of thiophene rings is 1. The Morgan fingerprint density at radius 2 is 0.721 bits per heavy atom. The third-order valence-corrected chi connectivity index (χ3v) is 13.2. The van der Waals surface area contributed by atoms with Crippen LogP contribution < -0.4 is 0 Å². The van der Waals surface area contributed by atoms with Crippen LogP contribution in [0, 0.1) is 0 Å². The highest BCUT2D eigenvalue weighted by Gasteiger charge is 2.24. The minimum atomic E-state index is 0.633. The van der Waals surface area contributed by atoms with Crippen molar-refractivity contribution in [2.45, 2.75) is 0 Å². The van der Waals surface area contributed by atoms with Crippen molar-refractivity contribution in [2.75, 3.05) is 0 Å². The normalized spacial score (nSPS) is 11.6. The number of benzene rings is 10. The first kappa shape index (κ1) is 35.2. The van der Waals surface area contributed by atoms with Crippen molar-refractivity contribution in [1.29, 1.82) is 0 Å². The molecule has 0 bridgehead atoms. The van der Waals surface area contributed by atoms with Gasteiger partial charge in [-0.05, 0) is 77.8 Å². The van der Waals surface area contributed by atoms with E-state index in [4.69, 9.17) is 15.0 Å². The van der Waals surface area contributed by atoms with Gasteiger partial charge in [-0.15, -0.1) is 11.3 Å². The molecule has 0 unspecified atom stereocenters. The third kappa shape index (κ3) is 5.91. The Hall–Kier alpha value is -7.79. The van der Waals surface area contributed by atoms with Gasteiger partial charge in [0.15, 0.2) is 17.5 Å². The van der Waals surface area contributed by atoms with Gasteiger partial charge in [-0.3, -0.25) is 0 Å². The molecule has 61 heavy (non-hydrogen) atoms. The molecule has 0 aliphatic carbocycles. The molecule has 0 saturated heterocycles. The van der Waals surface area contributed by atoms with E-state index in [1.807, 2.05) is 18.2 Å². The highest BCUT2D eigenvalue weighted by Crippen LogP contribution is 2.49. The van der Waals surface area contributed by atoms with Crippen LogP contribution in [0.2, 0.25) is 0 Å². The van der Waals surface area contributed by atoms with Crippen LogP contribution in [-0.4, -0.2) is 15.0 Å². The lowest BCUT2D eigenvalue weighted by Gasteiger charge is -2.22. The van der Waals surface area contributed by atoms with E-state index in [1.165, 1.54) is 53.0 Å². The lowest BCUT2D eigenvalue weighted by atomic mass is 9.82. The van der Waals surface area contributed by atoms with E-state index in [0.29, 0.717) is 17.5 Å². The number of aromatic nitrogens is 3. The molecule has 0 N–H and O–H groups in total. The summed E-state index contributed by atoms with van der Waals surface area (Å²) in [5.74, 6) is 1.92. The summed E-state index contributed by atoms with van der Waals surface area (Å²) < 4.78 is 2.41. The molecule has 0 spiro atoms. The van der Waals surface area contributed by atoms with Gasteiger partial charge in [0.2, 0.25) is 0 Å². The molecule has 12 rings (SSSR count). The maximum atomic E-state index is 5.54. The average Bonchev–Trinajstić information content (AvgIpc) is 3.72. The van der Waals surface area contributed by atoms with Crippen LogP contribution in [0.4, 0.5) is 0 Å². The lowest BCUT2D eigenvalue weighted by Crippen LogP contribution is -2.02. The topological polar surface area (TPSA) is 38.7 Å². The second-order valence-corrected chi connectivity index (χ2v) is 16.5. The van der Waals surface area contributed by atoms with E-state index in [-0.39, 0.29) is 0 Å². The molecule has 2 aromatic heterocycles. The first-order valence-corrected chi connectivity index (χ1v) is 21.4. The summed E-state index contributed by atoms with van der Waals surface area (Å²) in [6, 6.07) is 75.9. The van der Waals surface area contributed by atoms with Gasteiger partial charge in [0.25, 0.3) is 0 Å². The van der Waals surface area contributed by atoms with Crippen LogP contribution in [0.1, 0.15) is 0 Å². The van der Waals surface area contributed by atoms with E-state index >= 15 is 0 Å². The Morgan fingerprint density at radius 3 is 1.38 bits per heavy atom. The number of nitrogens with zero attached hydrogens (tertiary/aromatic N) is 3. The molecule has 4 heteroatoms. The predicted octanol–water partition coefficient (Wildman–Crippen LogP) is 15.7. The predicted molar refractivity (Wildman–Crippen MR) is 258 cm³/mol. The van der Waals surface area contributed by atoms with Crippen molar-refractivity contribution < 1.29 is 0 Å². The van der Waals surface area contributed by atoms with Crippen molar-refractivity contribution in [2.24, 2.45) is 0 Å². The first-order chi connectivity index (χ1) is 30.3. The Balaban J connectivity index is 1.21. The van der Waals surface area contributed by atoms with E-state index < -0.39 is 0 Å². The van der Waals surface area contributed by atoms with Crippen molar-refractivity contribution >= 4 is 63.8 Å². The third-order valence-electron chi connectivity index (χ3n) is 11.9. The monoisotopic (exact) mass is 793 g/mol. The zero-order chi connectivity index (χ0) is 40.3. The van der Waals surface area contributed by atoms with E-state index in [1.54, 1.807) is 11.3 Å². The van der Waals surface area contributed by atoms with Gasteiger partial charge >= 0.3 is 0 Å². The van der Waals surface area contributed by atoms with Gasteiger partial charge in [-0.25, -0.2) is 15.0 Å². The largest absolute Gasteiger partial charge is 0.208 e. The lowest BCUT2D eigenvalue weighted by molar-refractivity contribution is 1.08. The van der Waals surface area contributed by atoms with Crippen LogP contribution >= 0.6 is 11.3 Å². The molecule has 10 aromatic carbocycles. The van der Waals surface area contributed by atoms with E-state index in [2.05, 4.69) is 194 Å². The minimum Gasteiger partial charge on any atom is -0.208 e. The second-order valence-electron chi connectivity index (χ2n) is 15.4. The highest BCUT2D eigenvalue weighted by atomic mass is 32.1. The average molecular weight is 794 g/mol. The molecule has 0 aliphatic rings. The van der Waals surface area contributed by atoms with Crippen LogP contribution in [0.15, 0.2) is 212 Å². The quantitative estimate of drug-likeness (QED) is 0.168. The number of rotatable bonds is 6. The fourth-order valence-corrected chi connectivity index (χ4v) is 10.4. The fourth-order valence-electron chi connectivity index (χ4n) is 9.16. The maximum Gasteiger partial charge on any atom is 0.165 e. The van der Waals surface area contributed by atoms with E-state index in [9.17, 15) is 0 Å². The molecule has 0 radical (unpaired) electrons.